The molecule has 1 N–H and O–H groups in total. The van der Waals surface area contributed by atoms with Gasteiger partial charge in [-0.25, -0.2) is 4.79 Å². The standard InChI is InChI=1S/C18H15ClN2O3/c1-10-17(22)21(2)15-9-12(18(23)24)14(19)8-13(15)16(20-10)11-6-4-3-5-7-11/h3-10H,1-2H3,(H,23,24). The fraction of sp³-hybridized carbons (Fsp3) is 0.167. The van der Waals surface area contributed by atoms with Gasteiger partial charge in [0.25, 0.3) is 5.91 Å². The van der Waals surface area contributed by atoms with Crippen molar-refractivity contribution in [2.45, 2.75) is 13.0 Å². The van der Waals surface area contributed by atoms with E-state index >= 15 is 0 Å². The molecular weight excluding hydrogens is 328 g/mol. The molecule has 1 amide bonds. The van der Waals surface area contributed by atoms with Gasteiger partial charge in [0.15, 0.2) is 0 Å². The van der Waals surface area contributed by atoms with E-state index in [1.807, 2.05) is 30.3 Å². The van der Waals surface area contributed by atoms with Gasteiger partial charge in [-0.2, -0.15) is 0 Å². The minimum atomic E-state index is -1.14. The van der Waals surface area contributed by atoms with Gasteiger partial charge in [0.1, 0.15) is 6.04 Å². The molecule has 0 bridgehead atoms. The number of carbonyl (C=O) groups is 2. The van der Waals surface area contributed by atoms with E-state index in [0.717, 1.165) is 5.56 Å². The Morgan fingerprint density at radius 3 is 2.54 bits per heavy atom. The minimum Gasteiger partial charge on any atom is -0.478 e. The van der Waals surface area contributed by atoms with Crippen molar-refractivity contribution in [2.75, 3.05) is 11.9 Å². The van der Waals surface area contributed by atoms with Crippen LogP contribution in [0.2, 0.25) is 5.02 Å². The fourth-order valence-electron chi connectivity index (χ4n) is 2.74. The van der Waals surface area contributed by atoms with E-state index in [1.54, 1.807) is 20.0 Å². The molecule has 2 aromatic rings. The Bertz CT molecular complexity index is 862. The van der Waals surface area contributed by atoms with Crippen LogP contribution in [-0.4, -0.2) is 35.8 Å². The molecule has 1 heterocycles. The monoisotopic (exact) mass is 342 g/mol. The van der Waals surface area contributed by atoms with Crippen molar-refractivity contribution in [3.05, 3.63) is 64.2 Å². The van der Waals surface area contributed by atoms with Gasteiger partial charge >= 0.3 is 5.97 Å². The number of aliphatic imine (C=N–C) groups is 1. The van der Waals surface area contributed by atoms with Crippen LogP contribution < -0.4 is 4.90 Å². The van der Waals surface area contributed by atoms with Crippen LogP contribution in [0.3, 0.4) is 0 Å². The van der Waals surface area contributed by atoms with E-state index in [4.69, 9.17) is 11.6 Å². The third-order valence-corrected chi connectivity index (χ3v) is 4.30. The molecule has 0 saturated carbocycles. The largest absolute Gasteiger partial charge is 0.478 e. The summed E-state index contributed by atoms with van der Waals surface area (Å²) in [7, 11) is 1.61. The lowest BCUT2D eigenvalue weighted by Gasteiger charge is -2.20. The maximum absolute atomic E-state index is 12.5. The predicted octanol–water partition coefficient (Wildman–Crippen LogP) is 3.24. The third kappa shape index (κ3) is 2.67. The van der Waals surface area contributed by atoms with E-state index < -0.39 is 12.0 Å². The number of aromatic carboxylic acids is 1. The molecule has 6 heteroatoms. The number of likely N-dealkylation sites (N-methyl/N-ethyl adjacent to an activating group) is 1. The highest BCUT2D eigenvalue weighted by atomic mass is 35.5. The number of hydrogen-bond acceptors (Lipinski definition) is 3. The Morgan fingerprint density at radius 2 is 1.92 bits per heavy atom. The van der Waals surface area contributed by atoms with Crippen molar-refractivity contribution in [3.63, 3.8) is 0 Å². The highest BCUT2D eigenvalue weighted by Crippen LogP contribution is 2.32. The number of carboxylic acids is 1. The number of fused-ring (bicyclic) bond motifs is 1. The molecule has 1 atom stereocenters. The lowest BCUT2D eigenvalue weighted by Crippen LogP contribution is -2.33. The number of nitrogens with zero attached hydrogens (tertiary/aromatic N) is 2. The number of rotatable bonds is 2. The molecule has 0 spiro atoms. The van der Waals surface area contributed by atoms with Crippen LogP contribution in [-0.2, 0) is 4.79 Å². The summed E-state index contributed by atoms with van der Waals surface area (Å²) in [6.45, 7) is 1.72. The highest BCUT2D eigenvalue weighted by Gasteiger charge is 2.29. The topological polar surface area (TPSA) is 70.0 Å². The number of anilines is 1. The molecule has 0 radical (unpaired) electrons. The Morgan fingerprint density at radius 1 is 1.25 bits per heavy atom. The molecule has 1 aliphatic rings. The zero-order chi connectivity index (χ0) is 17.4. The summed E-state index contributed by atoms with van der Waals surface area (Å²) in [5.74, 6) is -1.35. The Labute approximate surface area is 144 Å². The maximum Gasteiger partial charge on any atom is 0.337 e. The van der Waals surface area contributed by atoms with Gasteiger partial charge in [0.05, 0.1) is 22.0 Å². The third-order valence-electron chi connectivity index (χ3n) is 3.99. The zero-order valence-electron chi connectivity index (χ0n) is 13.2. The van der Waals surface area contributed by atoms with Crippen molar-refractivity contribution in [2.24, 2.45) is 4.99 Å². The number of benzodiazepines with no additional fused rings is 1. The van der Waals surface area contributed by atoms with Crippen LogP contribution in [0, 0.1) is 0 Å². The second-order valence-electron chi connectivity index (χ2n) is 5.57. The lowest BCUT2D eigenvalue weighted by molar-refractivity contribution is -0.119. The summed E-state index contributed by atoms with van der Waals surface area (Å²) in [6.07, 6.45) is 0. The second kappa shape index (κ2) is 6.09. The van der Waals surface area contributed by atoms with Crippen LogP contribution in [0.5, 0.6) is 0 Å². The van der Waals surface area contributed by atoms with Crippen molar-refractivity contribution in [1.29, 1.82) is 0 Å². The molecule has 0 aliphatic carbocycles. The summed E-state index contributed by atoms with van der Waals surface area (Å²) >= 11 is 6.14. The van der Waals surface area contributed by atoms with Gasteiger partial charge in [-0.15, -0.1) is 0 Å². The molecule has 1 unspecified atom stereocenters. The van der Waals surface area contributed by atoms with Gasteiger partial charge in [-0.3, -0.25) is 9.79 Å². The number of hydrogen-bond donors (Lipinski definition) is 1. The van der Waals surface area contributed by atoms with Crippen LogP contribution in [0.1, 0.15) is 28.4 Å². The van der Waals surface area contributed by atoms with Gasteiger partial charge in [0.2, 0.25) is 0 Å². The van der Waals surface area contributed by atoms with Gasteiger partial charge in [0, 0.05) is 18.2 Å². The average Bonchev–Trinajstić information content (AvgIpc) is 2.66. The van der Waals surface area contributed by atoms with E-state index in [-0.39, 0.29) is 16.5 Å². The quantitative estimate of drug-likeness (QED) is 0.910. The molecule has 1 aliphatic heterocycles. The Kier molecular flexibility index (Phi) is 4.11. The maximum atomic E-state index is 12.5. The second-order valence-corrected chi connectivity index (χ2v) is 5.98. The van der Waals surface area contributed by atoms with E-state index in [0.29, 0.717) is 17.0 Å². The number of carbonyl (C=O) groups excluding carboxylic acids is 1. The highest BCUT2D eigenvalue weighted by molar-refractivity contribution is 6.35. The molecule has 0 fully saturated rings. The Hall–Kier alpha value is -2.66. The van der Waals surface area contributed by atoms with E-state index in [2.05, 4.69) is 4.99 Å². The number of amides is 1. The first kappa shape index (κ1) is 16.2. The SMILES string of the molecule is CC1N=C(c2ccccc2)c2cc(Cl)c(C(=O)O)cc2N(C)C1=O. The van der Waals surface area contributed by atoms with E-state index in [9.17, 15) is 14.7 Å². The predicted molar refractivity (Wildman–Crippen MR) is 93.4 cm³/mol. The van der Waals surface area contributed by atoms with Crippen molar-refractivity contribution < 1.29 is 14.7 Å². The van der Waals surface area contributed by atoms with Crippen molar-refractivity contribution >= 4 is 34.9 Å². The zero-order valence-corrected chi connectivity index (χ0v) is 13.9. The van der Waals surface area contributed by atoms with Crippen molar-refractivity contribution in [1.82, 2.24) is 0 Å². The van der Waals surface area contributed by atoms with E-state index in [1.165, 1.54) is 11.0 Å². The van der Waals surface area contributed by atoms with Gasteiger partial charge in [-0.05, 0) is 19.1 Å². The van der Waals surface area contributed by atoms with Crippen LogP contribution >= 0.6 is 11.6 Å². The summed E-state index contributed by atoms with van der Waals surface area (Å²) < 4.78 is 0. The summed E-state index contributed by atoms with van der Waals surface area (Å²) in [5.41, 5.74) is 2.53. The fourth-order valence-corrected chi connectivity index (χ4v) is 2.98. The van der Waals surface area contributed by atoms with Crippen LogP contribution in [0.4, 0.5) is 5.69 Å². The summed E-state index contributed by atoms with van der Waals surface area (Å²) in [6, 6.07) is 11.8. The average molecular weight is 343 g/mol. The van der Waals surface area contributed by atoms with Gasteiger partial charge in [-0.1, -0.05) is 41.9 Å². The lowest BCUT2D eigenvalue weighted by atomic mass is 9.98. The molecule has 5 nitrogen and oxygen atoms in total. The molecule has 24 heavy (non-hydrogen) atoms. The van der Waals surface area contributed by atoms with Crippen LogP contribution in [0.15, 0.2) is 47.5 Å². The first-order valence-electron chi connectivity index (χ1n) is 7.38. The molecule has 122 valence electrons. The molecule has 0 aromatic heterocycles. The summed E-state index contributed by atoms with van der Waals surface area (Å²) in [4.78, 5) is 29.9. The number of benzene rings is 2. The minimum absolute atomic E-state index is 0.0444. The Balaban J connectivity index is 2.31. The first-order valence-corrected chi connectivity index (χ1v) is 7.76. The van der Waals surface area contributed by atoms with Crippen LogP contribution in [0.25, 0.3) is 0 Å². The number of halogens is 1. The number of carboxylic acid groups (broad SMARTS) is 1. The molecule has 2 aromatic carbocycles. The smallest absolute Gasteiger partial charge is 0.337 e. The molecule has 3 rings (SSSR count). The normalized spacial score (nSPS) is 17.1. The molecule has 0 saturated heterocycles. The summed E-state index contributed by atoms with van der Waals surface area (Å²) in [5, 5.41) is 9.42. The van der Waals surface area contributed by atoms with Gasteiger partial charge < -0.3 is 10.0 Å². The van der Waals surface area contributed by atoms with Crippen molar-refractivity contribution in [3.8, 4) is 0 Å². The first-order chi connectivity index (χ1) is 11.4. The molecular formula is C18H15ClN2O3.